The second-order valence-corrected chi connectivity index (χ2v) is 8.65. The Morgan fingerprint density at radius 2 is 1.91 bits per heavy atom. The molecule has 0 radical (unpaired) electrons. The van der Waals surface area contributed by atoms with E-state index in [-0.39, 0.29) is 11.8 Å². The topological polar surface area (TPSA) is 78.8 Å². The number of nitrogens with zero attached hydrogens (tertiary/aromatic N) is 4. The van der Waals surface area contributed by atoms with Gasteiger partial charge in [-0.25, -0.2) is 9.18 Å². The lowest BCUT2D eigenvalue weighted by Crippen LogP contribution is -2.37. The van der Waals surface area contributed by atoms with Crippen LogP contribution in [0.4, 0.5) is 9.18 Å². The van der Waals surface area contributed by atoms with Crippen molar-refractivity contribution in [2.45, 2.75) is 38.8 Å². The molecule has 2 N–H and O–H groups in total. The van der Waals surface area contributed by atoms with E-state index in [0.29, 0.717) is 19.6 Å². The molecule has 0 fully saturated rings. The Labute approximate surface area is 205 Å². The first-order valence-electron chi connectivity index (χ1n) is 11.9. The first-order chi connectivity index (χ1) is 17.1. The van der Waals surface area contributed by atoms with Gasteiger partial charge in [0.25, 0.3) is 0 Å². The number of urea groups is 1. The predicted molar refractivity (Wildman–Crippen MR) is 134 cm³/mol. The Morgan fingerprint density at radius 1 is 1.06 bits per heavy atom. The number of H-pyrrole nitrogens is 1. The van der Waals surface area contributed by atoms with Gasteiger partial charge in [0.15, 0.2) is 0 Å². The van der Waals surface area contributed by atoms with Crippen molar-refractivity contribution in [3.63, 3.8) is 0 Å². The number of carbonyl (C=O) groups is 1. The number of aromatic amines is 1. The second kappa shape index (κ2) is 12.0. The summed E-state index contributed by atoms with van der Waals surface area (Å²) in [5, 5.41) is 14.6. The van der Waals surface area contributed by atoms with E-state index in [1.165, 1.54) is 12.1 Å². The minimum atomic E-state index is -0.265. The fraction of sp³-hybridized carbons (Fsp3) is 0.296. The molecule has 0 saturated carbocycles. The maximum Gasteiger partial charge on any atom is 0.317 e. The molecule has 0 spiro atoms. The van der Waals surface area contributed by atoms with Gasteiger partial charge in [-0.15, -0.1) is 0 Å². The van der Waals surface area contributed by atoms with E-state index < -0.39 is 0 Å². The molecule has 0 aliphatic carbocycles. The lowest BCUT2D eigenvalue weighted by Gasteiger charge is -2.18. The zero-order chi connectivity index (χ0) is 24.5. The SMILES string of the molecule is CN(CCCCCc1cc(-c2cccc(F)c2)n[nH]1)C(=O)NCc1ccccc1Cn1cccn1. The van der Waals surface area contributed by atoms with Gasteiger partial charge in [0, 0.05) is 43.8 Å². The van der Waals surface area contributed by atoms with Gasteiger partial charge in [0.05, 0.1) is 12.2 Å². The van der Waals surface area contributed by atoms with E-state index >= 15 is 0 Å². The van der Waals surface area contributed by atoms with Crippen molar-refractivity contribution in [1.82, 2.24) is 30.2 Å². The number of halogens is 1. The number of hydrogen-bond donors (Lipinski definition) is 2. The highest BCUT2D eigenvalue weighted by Gasteiger charge is 2.10. The summed E-state index contributed by atoms with van der Waals surface area (Å²) in [6, 6.07) is 18.3. The number of unbranched alkanes of at least 4 members (excludes halogenated alkanes) is 2. The fourth-order valence-electron chi connectivity index (χ4n) is 3.99. The molecule has 0 bridgehead atoms. The van der Waals surface area contributed by atoms with Crippen molar-refractivity contribution in [2.75, 3.05) is 13.6 Å². The monoisotopic (exact) mass is 474 g/mol. The summed E-state index contributed by atoms with van der Waals surface area (Å²) in [6.45, 7) is 1.85. The summed E-state index contributed by atoms with van der Waals surface area (Å²) >= 11 is 0. The smallest absolute Gasteiger partial charge is 0.317 e. The molecule has 2 aromatic heterocycles. The van der Waals surface area contributed by atoms with Gasteiger partial charge in [0.2, 0.25) is 0 Å². The fourth-order valence-corrected chi connectivity index (χ4v) is 3.99. The third kappa shape index (κ3) is 7.02. The standard InChI is InChI=1S/C27H31FN6O/c1-33(27(35)29-19-22-9-4-5-10-23(22)20-34-16-8-14-30-34)15-6-2-3-13-25-18-26(32-31-25)21-11-7-12-24(28)17-21/h4-5,7-12,14,16-18H,2-3,6,13,15,19-20H2,1H3,(H,29,35)(H,31,32). The molecular weight excluding hydrogens is 443 g/mol. The number of hydrogen-bond acceptors (Lipinski definition) is 3. The van der Waals surface area contributed by atoms with Crippen LogP contribution in [-0.4, -0.2) is 44.5 Å². The van der Waals surface area contributed by atoms with Crippen LogP contribution in [0.5, 0.6) is 0 Å². The van der Waals surface area contributed by atoms with Crippen LogP contribution in [0.3, 0.4) is 0 Å². The lowest BCUT2D eigenvalue weighted by atomic mass is 10.1. The number of carbonyl (C=O) groups excluding carboxylic acids is 1. The summed E-state index contributed by atoms with van der Waals surface area (Å²) in [5.41, 5.74) is 4.77. The summed E-state index contributed by atoms with van der Waals surface area (Å²) in [7, 11) is 1.82. The van der Waals surface area contributed by atoms with E-state index in [1.54, 1.807) is 17.2 Å². The highest BCUT2D eigenvalue weighted by Crippen LogP contribution is 2.19. The lowest BCUT2D eigenvalue weighted by molar-refractivity contribution is 0.207. The first kappa shape index (κ1) is 24.2. The Bertz CT molecular complexity index is 1220. The van der Waals surface area contributed by atoms with Crippen LogP contribution in [0.15, 0.2) is 73.1 Å². The van der Waals surface area contributed by atoms with Gasteiger partial charge in [-0.2, -0.15) is 10.2 Å². The van der Waals surface area contributed by atoms with Crippen molar-refractivity contribution in [1.29, 1.82) is 0 Å². The van der Waals surface area contributed by atoms with Crippen LogP contribution < -0.4 is 5.32 Å². The van der Waals surface area contributed by atoms with Gasteiger partial charge in [0.1, 0.15) is 5.82 Å². The molecule has 0 atom stereocenters. The highest BCUT2D eigenvalue weighted by atomic mass is 19.1. The molecule has 0 aliphatic rings. The van der Waals surface area contributed by atoms with Crippen LogP contribution in [0.25, 0.3) is 11.3 Å². The third-order valence-corrected chi connectivity index (χ3v) is 5.98. The molecule has 182 valence electrons. The maximum atomic E-state index is 13.4. The molecule has 0 unspecified atom stereocenters. The van der Waals surface area contributed by atoms with Crippen molar-refractivity contribution in [2.24, 2.45) is 0 Å². The maximum absolute atomic E-state index is 13.4. The Balaban J connectivity index is 1.15. The quantitative estimate of drug-likeness (QED) is 0.300. The van der Waals surface area contributed by atoms with Crippen LogP contribution in [-0.2, 0) is 19.5 Å². The number of amides is 2. The third-order valence-electron chi connectivity index (χ3n) is 5.98. The number of benzene rings is 2. The van der Waals surface area contributed by atoms with Crippen LogP contribution in [0, 0.1) is 5.82 Å². The summed E-state index contributed by atoms with van der Waals surface area (Å²) in [5.74, 6) is -0.265. The van der Waals surface area contributed by atoms with Gasteiger partial charge < -0.3 is 10.2 Å². The minimum Gasteiger partial charge on any atom is -0.334 e. The van der Waals surface area contributed by atoms with E-state index in [9.17, 15) is 9.18 Å². The molecule has 4 aromatic rings. The molecule has 4 rings (SSSR count). The molecule has 2 heterocycles. The zero-order valence-electron chi connectivity index (χ0n) is 20.0. The van der Waals surface area contributed by atoms with Crippen molar-refractivity contribution in [3.05, 3.63) is 95.7 Å². The van der Waals surface area contributed by atoms with Gasteiger partial charge in [-0.05, 0) is 54.7 Å². The largest absolute Gasteiger partial charge is 0.334 e. The Morgan fingerprint density at radius 3 is 2.71 bits per heavy atom. The second-order valence-electron chi connectivity index (χ2n) is 8.65. The van der Waals surface area contributed by atoms with E-state index in [2.05, 4.69) is 26.7 Å². The number of aromatic nitrogens is 4. The van der Waals surface area contributed by atoms with E-state index in [0.717, 1.165) is 53.8 Å². The molecule has 2 aromatic carbocycles. The first-order valence-corrected chi connectivity index (χ1v) is 11.9. The number of nitrogens with one attached hydrogen (secondary N) is 2. The molecule has 35 heavy (non-hydrogen) atoms. The average molecular weight is 475 g/mol. The van der Waals surface area contributed by atoms with Crippen molar-refractivity contribution < 1.29 is 9.18 Å². The molecule has 2 amide bonds. The van der Waals surface area contributed by atoms with Crippen LogP contribution in [0.2, 0.25) is 0 Å². The number of rotatable bonds is 11. The van der Waals surface area contributed by atoms with Gasteiger partial charge in [-0.1, -0.05) is 42.8 Å². The summed E-state index contributed by atoms with van der Waals surface area (Å²) in [4.78, 5) is 14.3. The zero-order valence-corrected chi connectivity index (χ0v) is 20.0. The number of aryl methyl sites for hydroxylation is 1. The normalized spacial score (nSPS) is 10.9. The van der Waals surface area contributed by atoms with Crippen molar-refractivity contribution >= 4 is 6.03 Å². The molecule has 7 nitrogen and oxygen atoms in total. The molecule has 8 heteroatoms. The van der Waals surface area contributed by atoms with Crippen LogP contribution >= 0.6 is 0 Å². The molecule has 0 aliphatic heterocycles. The Hall–Kier alpha value is -3.94. The Kier molecular flexibility index (Phi) is 8.27. The molecule has 0 saturated heterocycles. The van der Waals surface area contributed by atoms with Gasteiger partial charge >= 0.3 is 6.03 Å². The minimum absolute atomic E-state index is 0.0767. The molecular formula is C27H31FN6O. The van der Waals surface area contributed by atoms with Crippen LogP contribution in [0.1, 0.15) is 36.1 Å². The highest BCUT2D eigenvalue weighted by molar-refractivity contribution is 5.73. The van der Waals surface area contributed by atoms with E-state index in [1.807, 2.05) is 54.3 Å². The summed E-state index contributed by atoms with van der Waals surface area (Å²) < 4.78 is 15.3. The van der Waals surface area contributed by atoms with Crippen molar-refractivity contribution in [3.8, 4) is 11.3 Å². The predicted octanol–water partition coefficient (Wildman–Crippen LogP) is 5.02. The van der Waals surface area contributed by atoms with Gasteiger partial charge in [-0.3, -0.25) is 9.78 Å². The summed E-state index contributed by atoms with van der Waals surface area (Å²) in [6.07, 6.45) is 7.47. The average Bonchev–Trinajstić information content (AvgIpc) is 3.55. The van der Waals surface area contributed by atoms with E-state index in [4.69, 9.17) is 0 Å².